The Bertz CT molecular complexity index is 567. The van der Waals surface area contributed by atoms with Gasteiger partial charge in [-0.2, -0.15) is 0 Å². The second-order valence-electron chi connectivity index (χ2n) is 4.73. The number of nitrogens with two attached hydrogens (primary N) is 1. The molecule has 2 N–H and O–H groups in total. The van der Waals surface area contributed by atoms with Gasteiger partial charge in [0.2, 0.25) is 0 Å². The molecule has 3 nitrogen and oxygen atoms in total. The highest BCUT2D eigenvalue weighted by molar-refractivity contribution is 5.41. The first-order valence-corrected chi connectivity index (χ1v) is 6.79. The molecule has 0 aliphatic rings. The maximum Gasteiger partial charge on any atom is 0.126 e. The van der Waals surface area contributed by atoms with Crippen LogP contribution in [0, 0.1) is 6.92 Å². The highest BCUT2D eigenvalue weighted by atomic mass is 16.5. The Hall–Kier alpha value is -2.00. The van der Waals surface area contributed by atoms with E-state index in [0.717, 1.165) is 23.5 Å². The molecule has 0 fully saturated rings. The quantitative estimate of drug-likeness (QED) is 0.878. The molecular formula is C17H21NO2. The zero-order valence-corrected chi connectivity index (χ0v) is 12.1. The van der Waals surface area contributed by atoms with Gasteiger partial charge in [0.25, 0.3) is 0 Å². The van der Waals surface area contributed by atoms with Crippen molar-refractivity contribution in [1.29, 1.82) is 0 Å². The summed E-state index contributed by atoms with van der Waals surface area (Å²) >= 11 is 0. The molecule has 0 unspecified atom stereocenters. The average Bonchev–Trinajstić information content (AvgIpc) is 2.48. The summed E-state index contributed by atoms with van der Waals surface area (Å²) in [5.74, 6) is 1.64. The minimum Gasteiger partial charge on any atom is -0.497 e. The number of methoxy groups -OCH3 is 1. The van der Waals surface area contributed by atoms with Crippen LogP contribution in [0.3, 0.4) is 0 Å². The zero-order chi connectivity index (χ0) is 14.4. The zero-order valence-electron chi connectivity index (χ0n) is 12.1. The molecule has 0 bridgehead atoms. The first-order chi connectivity index (χ1) is 9.74. The molecule has 0 saturated heterocycles. The Morgan fingerprint density at radius 1 is 1.05 bits per heavy atom. The third-order valence-corrected chi connectivity index (χ3v) is 3.33. The molecule has 0 saturated carbocycles. The lowest BCUT2D eigenvalue weighted by atomic mass is 10.1. The van der Waals surface area contributed by atoms with E-state index in [-0.39, 0.29) is 0 Å². The molecule has 0 heterocycles. The van der Waals surface area contributed by atoms with E-state index in [2.05, 4.69) is 19.1 Å². The Labute approximate surface area is 120 Å². The summed E-state index contributed by atoms with van der Waals surface area (Å²) in [4.78, 5) is 0. The lowest BCUT2D eigenvalue weighted by Crippen LogP contribution is -2.06. The van der Waals surface area contributed by atoms with Crippen molar-refractivity contribution < 1.29 is 9.47 Å². The normalized spacial score (nSPS) is 10.3. The van der Waals surface area contributed by atoms with Crippen molar-refractivity contribution in [3.05, 3.63) is 59.2 Å². The maximum atomic E-state index is 5.96. The van der Waals surface area contributed by atoms with Gasteiger partial charge in [-0.3, -0.25) is 0 Å². The Morgan fingerprint density at radius 3 is 2.55 bits per heavy atom. The fourth-order valence-corrected chi connectivity index (χ4v) is 2.09. The summed E-state index contributed by atoms with van der Waals surface area (Å²) in [6.07, 6.45) is 0.799. The summed E-state index contributed by atoms with van der Waals surface area (Å²) in [5, 5.41) is 0. The molecule has 0 radical (unpaired) electrons. The summed E-state index contributed by atoms with van der Waals surface area (Å²) in [6, 6.07) is 14.1. The average molecular weight is 271 g/mol. The predicted molar refractivity (Wildman–Crippen MR) is 81.3 cm³/mol. The molecule has 0 aliphatic carbocycles. The van der Waals surface area contributed by atoms with Gasteiger partial charge in [-0.15, -0.1) is 0 Å². The van der Waals surface area contributed by atoms with E-state index >= 15 is 0 Å². The maximum absolute atomic E-state index is 5.96. The minimum atomic E-state index is 0.553. The summed E-state index contributed by atoms with van der Waals surface area (Å²) in [6.45, 7) is 3.25. The fourth-order valence-electron chi connectivity index (χ4n) is 2.09. The van der Waals surface area contributed by atoms with Gasteiger partial charge < -0.3 is 15.2 Å². The van der Waals surface area contributed by atoms with Crippen LogP contribution in [0.25, 0.3) is 0 Å². The lowest BCUT2D eigenvalue weighted by Gasteiger charge is -2.13. The standard InChI is InChI=1S/C17H21NO2/c1-13-5-3-4-6-15(13)12-20-17-11-16(19-2)8-7-14(17)9-10-18/h3-8,11H,9-10,12,18H2,1-2H3. The first-order valence-electron chi connectivity index (χ1n) is 6.79. The SMILES string of the molecule is COc1ccc(CCN)c(OCc2ccccc2C)c1. The van der Waals surface area contributed by atoms with Crippen molar-refractivity contribution in [2.45, 2.75) is 20.0 Å². The molecule has 2 aromatic rings. The van der Waals surface area contributed by atoms with Crippen LogP contribution in [0.4, 0.5) is 0 Å². The van der Waals surface area contributed by atoms with Gasteiger partial charge >= 0.3 is 0 Å². The van der Waals surface area contributed by atoms with Crippen LogP contribution in [-0.2, 0) is 13.0 Å². The third kappa shape index (κ3) is 3.52. The monoisotopic (exact) mass is 271 g/mol. The Balaban J connectivity index is 2.17. The summed E-state index contributed by atoms with van der Waals surface area (Å²) in [7, 11) is 1.66. The second-order valence-corrected chi connectivity index (χ2v) is 4.73. The highest BCUT2D eigenvalue weighted by Crippen LogP contribution is 2.26. The van der Waals surface area contributed by atoms with Gasteiger partial charge in [0.05, 0.1) is 7.11 Å². The van der Waals surface area contributed by atoms with E-state index in [9.17, 15) is 0 Å². The largest absolute Gasteiger partial charge is 0.497 e. The molecule has 0 spiro atoms. The number of hydrogen-bond donors (Lipinski definition) is 1. The molecular weight excluding hydrogens is 250 g/mol. The highest BCUT2D eigenvalue weighted by Gasteiger charge is 2.06. The van der Waals surface area contributed by atoms with Crippen molar-refractivity contribution in [3.63, 3.8) is 0 Å². The number of ether oxygens (including phenoxy) is 2. The number of rotatable bonds is 6. The van der Waals surface area contributed by atoms with Crippen LogP contribution >= 0.6 is 0 Å². The van der Waals surface area contributed by atoms with Crippen LogP contribution in [0.2, 0.25) is 0 Å². The molecule has 3 heteroatoms. The Morgan fingerprint density at radius 2 is 1.85 bits per heavy atom. The van der Waals surface area contributed by atoms with Crippen LogP contribution < -0.4 is 15.2 Å². The van der Waals surface area contributed by atoms with E-state index in [1.54, 1.807) is 7.11 Å². The second kappa shape index (κ2) is 6.96. The van der Waals surface area contributed by atoms with Crippen LogP contribution in [-0.4, -0.2) is 13.7 Å². The van der Waals surface area contributed by atoms with Gasteiger partial charge in [-0.25, -0.2) is 0 Å². The van der Waals surface area contributed by atoms with Crippen molar-refractivity contribution in [2.75, 3.05) is 13.7 Å². The summed E-state index contributed by atoms with van der Waals surface area (Å²) in [5.41, 5.74) is 9.18. The van der Waals surface area contributed by atoms with Gasteiger partial charge in [-0.05, 0) is 42.6 Å². The molecule has 20 heavy (non-hydrogen) atoms. The smallest absolute Gasteiger partial charge is 0.126 e. The summed E-state index contributed by atoms with van der Waals surface area (Å²) < 4.78 is 11.2. The van der Waals surface area contributed by atoms with Gasteiger partial charge in [0.15, 0.2) is 0 Å². The Kier molecular flexibility index (Phi) is 5.02. The molecule has 106 valence electrons. The molecule has 0 aliphatic heterocycles. The number of benzene rings is 2. The van der Waals surface area contributed by atoms with E-state index in [1.807, 2.05) is 30.3 Å². The van der Waals surface area contributed by atoms with Crippen molar-refractivity contribution in [3.8, 4) is 11.5 Å². The van der Waals surface area contributed by atoms with Gasteiger partial charge in [-0.1, -0.05) is 30.3 Å². The molecule has 0 amide bonds. The molecule has 0 aromatic heterocycles. The molecule has 2 aromatic carbocycles. The van der Waals surface area contributed by atoms with Crippen LogP contribution in [0.15, 0.2) is 42.5 Å². The van der Waals surface area contributed by atoms with Crippen molar-refractivity contribution in [2.24, 2.45) is 5.73 Å². The number of aryl methyl sites for hydroxylation is 1. The van der Waals surface area contributed by atoms with Crippen LogP contribution in [0.5, 0.6) is 11.5 Å². The molecule has 2 rings (SSSR count). The third-order valence-electron chi connectivity index (χ3n) is 3.33. The predicted octanol–water partition coefficient (Wildman–Crippen LogP) is 3.08. The van der Waals surface area contributed by atoms with E-state index in [4.69, 9.17) is 15.2 Å². The molecule has 0 atom stereocenters. The number of hydrogen-bond acceptors (Lipinski definition) is 3. The van der Waals surface area contributed by atoms with Crippen molar-refractivity contribution in [1.82, 2.24) is 0 Å². The topological polar surface area (TPSA) is 44.5 Å². The van der Waals surface area contributed by atoms with E-state index < -0.39 is 0 Å². The van der Waals surface area contributed by atoms with E-state index in [0.29, 0.717) is 13.2 Å². The van der Waals surface area contributed by atoms with Gasteiger partial charge in [0, 0.05) is 6.07 Å². The minimum absolute atomic E-state index is 0.553. The van der Waals surface area contributed by atoms with Crippen molar-refractivity contribution >= 4 is 0 Å². The fraction of sp³-hybridized carbons (Fsp3) is 0.294. The first kappa shape index (κ1) is 14.4. The van der Waals surface area contributed by atoms with Gasteiger partial charge in [0.1, 0.15) is 18.1 Å². The van der Waals surface area contributed by atoms with E-state index in [1.165, 1.54) is 11.1 Å². The lowest BCUT2D eigenvalue weighted by molar-refractivity contribution is 0.299. The van der Waals surface area contributed by atoms with Crippen LogP contribution in [0.1, 0.15) is 16.7 Å².